The third kappa shape index (κ3) is 19.1. The van der Waals surface area contributed by atoms with E-state index in [1.807, 2.05) is 0 Å². The largest absolute Gasteiger partial charge is 0.611 e. The van der Waals surface area contributed by atoms with Gasteiger partial charge in [0.1, 0.15) is 5.75 Å². The van der Waals surface area contributed by atoms with Crippen molar-refractivity contribution in [2.45, 2.75) is 117 Å². The number of thioether (sulfide) groups is 1. The zero-order chi connectivity index (χ0) is 20.9. The third-order valence-corrected chi connectivity index (χ3v) is 7.87. The molecule has 0 rings (SSSR count). The van der Waals surface area contributed by atoms with E-state index in [4.69, 9.17) is 0 Å². The van der Waals surface area contributed by atoms with Crippen LogP contribution in [0.3, 0.4) is 0 Å². The number of nitro groups is 1. The van der Waals surface area contributed by atoms with Crippen molar-refractivity contribution in [2.75, 3.05) is 11.5 Å². The Morgan fingerprint density at radius 2 is 1.21 bits per heavy atom. The zero-order valence-electron chi connectivity index (χ0n) is 18.3. The predicted octanol–water partition coefficient (Wildman–Crippen LogP) is 7.83. The van der Waals surface area contributed by atoms with E-state index in [2.05, 4.69) is 13.8 Å². The van der Waals surface area contributed by atoms with Gasteiger partial charge in [-0.2, -0.15) is 0 Å². The molecular formula is C22H43NO3S2. The summed E-state index contributed by atoms with van der Waals surface area (Å²) in [4.78, 5) is 10.4. The average molecular weight is 434 g/mol. The summed E-state index contributed by atoms with van der Waals surface area (Å²) in [5.41, 5.74) is 0. The maximum atomic E-state index is 12.4. The van der Waals surface area contributed by atoms with Gasteiger partial charge in [-0.15, -0.1) is 0 Å². The molecule has 0 amide bonds. The molecule has 6 heteroatoms. The van der Waals surface area contributed by atoms with Crippen LogP contribution >= 0.6 is 11.8 Å². The molecule has 0 fully saturated rings. The molecule has 1 atom stereocenters. The fraction of sp³-hybridized carbons (Fsp3) is 0.909. The van der Waals surface area contributed by atoms with Crippen LogP contribution < -0.4 is 0 Å². The molecule has 0 aromatic rings. The standard InChI is InChI=1S/C22H43NO3S2/c1-3-5-7-9-11-13-15-17-19-27-22(21-23(24)25)28(26)20-18-16-14-12-10-8-6-4-2/h21H,3-20H2,1-2H3/b22-21+. The summed E-state index contributed by atoms with van der Waals surface area (Å²) in [6.45, 7) is 4.45. The molecule has 166 valence electrons. The molecule has 0 aliphatic carbocycles. The molecule has 0 aliphatic heterocycles. The first kappa shape index (κ1) is 27.8. The second kappa shape index (κ2) is 21.5. The van der Waals surface area contributed by atoms with Crippen LogP contribution in [0.4, 0.5) is 0 Å². The molecule has 0 bridgehead atoms. The minimum atomic E-state index is -1.22. The van der Waals surface area contributed by atoms with Gasteiger partial charge in [-0.05, 0) is 30.4 Å². The van der Waals surface area contributed by atoms with E-state index < -0.39 is 16.1 Å². The second-order valence-electron chi connectivity index (χ2n) is 7.58. The molecule has 0 aromatic heterocycles. The van der Waals surface area contributed by atoms with Crippen LogP contribution in [0.1, 0.15) is 117 Å². The van der Waals surface area contributed by atoms with Crippen LogP contribution in [-0.2, 0) is 11.2 Å². The van der Waals surface area contributed by atoms with Crippen molar-refractivity contribution >= 4 is 22.9 Å². The molecule has 0 aliphatic rings. The average Bonchev–Trinajstić information content (AvgIpc) is 2.67. The summed E-state index contributed by atoms with van der Waals surface area (Å²) in [7, 11) is 0. The van der Waals surface area contributed by atoms with Gasteiger partial charge in [0.15, 0.2) is 0 Å². The van der Waals surface area contributed by atoms with Crippen LogP contribution in [0, 0.1) is 10.1 Å². The van der Waals surface area contributed by atoms with Gasteiger partial charge >= 0.3 is 0 Å². The number of hydrogen-bond acceptors (Lipinski definition) is 4. The van der Waals surface area contributed by atoms with Crippen LogP contribution in [0.5, 0.6) is 0 Å². The molecule has 0 saturated carbocycles. The monoisotopic (exact) mass is 433 g/mol. The van der Waals surface area contributed by atoms with Gasteiger partial charge < -0.3 is 4.55 Å². The highest BCUT2D eigenvalue weighted by atomic mass is 32.3. The Bertz CT molecular complexity index is 392. The first-order valence-corrected chi connectivity index (χ1v) is 13.8. The van der Waals surface area contributed by atoms with E-state index in [0.29, 0.717) is 9.99 Å². The quantitative estimate of drug-likeness (QED) is 0.0800. The van der Waals surface area contributed by atoms with Crippen LogP contribution in [0.15, 0.2) is 10.4 Å². The summed E-state index contributed by atoms with van der Waals surface area (Å²) in [5.74, 6) is 1.39. The highest BCUT2D eigenvalue weighted by Gasteiger charge is 2.19. The van der Waals surface area contributed by atoms with E-state index in [1.165, 1.54) is 88.8 Å². The van der Waals surface area contributed by atoms with Crippen molar-refractivity contribution in [2.24, 2.45) is 0 Å². The Morgan fingerprint density at radius 3 is 1.68 bits per heavy atom. The van der Waals surface area contributed by atoms with Crippen molar-refractivity contribution in [1.29, 1.82) is 0 Å². The summed E-state index contributed by atoms with van der Waals surface area (Å²) in [5, 5.41) is 10.9. The Balaban J connectivity index is 3.86. The van der Waals surface area contributed by atoms with Gasteiger partial charge in [0.25, 0.3) is 10.4 Å². The van der Waals surface area contributed by atoms with Gasteiger partial charge in [-0.25, -0.2) is 0 Å². The van der Waals surface area contributed by atoms with E-state index in [1.54, 1.807) is 0 Å². The molecule has 1 unspecified atom stereocenters. The molecule has 4 nitrogen and oxygen atoms in total. The normalized spacial score (nSPS) is 13.0. The van der Waals surface area contributed by atoms with Crippen molar-refractivity contribution in [3.05, 3.63) is 20.6 Å². The van der Waals surface area contributed by atoms with E-state index in [9.17, 15) is 14.7 Å². The maximum Gasteiger partial charge on any atom is 0.295 e. The fourth-order valence-corrected chi connectivity index (χ4v) is 5.73. The smallest absolute Gasteiger partial charge is 0.295 e. The number of nitrogens with zero attached hydrogens (tertiary/aromatic N) is 1. The summed E-state index contributed by atoms with van der Waals surface area (Å²) in [6.07, 6.45) is 20.5. The molecular weight excluding hydrogens is 390 g/mol. The lowest BCUT2D eigenvalue weighted by molar-refractivity contribution is -0.402. The van der Waals surface area contributed by atoms with E-state index >= 15 is 0 Å². The minimum Gasteiger partial charge on any atom is -0.611 e. The van der Waals surface area contributed by atoms with E-state index in [0.717, 1.165) is 37.6 Å². The first-order valence-electron chi connectivity index (χ1n) is 11.5. The SMILES string of the molecule is CCCCCCCCCCS/C(=C\[N+](=O)[O-])[S+]([O-])CCCCCCCCCC. The molecule has 28 heavy (non-hydrogen) atoms. The summed E-state index contributed by atoms with van der Waals surface area (Å²) < 4.78 is 12.9. The Labute approximate surface area is 181 Å². The highest BCUT2D eigenvalue weighted by molar-refractivity contribution is 8.18. The Kier molecular flexibility index (Phi) is 21.4. The lowest BCUT2D eigenvalue weighted by atomic mass is 10.1. The van der Waals surface area contributed by atoms with Gasteiger partial charge in [0.2, 0.25) is 0 Å². The van der Waals surface area contributed by atoms with Crippen LogP contribution in [-0.4, -0.2) is 21.0 Å². The van der Waals surface area contributed by atoms with E-state index in [-0.39, 0.29) is 0 Å². The van der Waals surface area contributed by atoms with Crippen molar-refractivity contribution < 1.29 is 9.48 Å². The minimum absolute atomic E-state index is 0.455. The molecule has 0 heterocycles. The zero-order valence-corrected chi connectivity index (χ0v) is 19.9. The van der Waals surface area contributed by atoms with Crippen molar-refractivity contribution in [3.63, 3.8) is 0 Å². The van der Waals surface area contributed by atoms with Crippen molar-refractivity contribution in [1.82, 2.24) is 0 Å². The molecule has 0 saturated heterocycles. The molecule has 0 N–H and O–H groups in total. The third-order valence-electron chi connectivity index (χ3n) is 4.86. The van der Waals surface area contributed by atoms with Gasteiger partial charge in [-0.1, -0.05) is 109 Å². The second-order valence-corrected chi connectivity index (χ2v) is 10.5. The van der Waals surface area contributed by atoms with Crippen LogP contribution in [0.25, 0.3) is 0 Å². The topological polar surface area (TPSA) is 66.2 Å². The van der Waals surface area contributed by atoms with Gasteiger partial charge in [0.05, 0.1) is 4.92 Å². The Hall–Kier alpha value is -0.200. The summed E-state index contributed by atoms with van der Waals surface area (Å²) in [6, 6.07) is 0. The first-order chi connectivity index (χ1) is 13.6. The van der Waals surface area contributed by atoms with Gasteiger partial charge in [0, 0.05) is 5.75 Å². The maximum absolute atomic E-state index is 12.4. The number of unbranched alkanes of at least 4 members (excludes halogenated alkanes) is 14. The molecule has 0 aromatic carbocycles. The van der Waals surface area contributed by atoms with Gasteiger partial charge in [-0.3, -0.25) is 10.1 Å². The molecule has 0 spiro atoms. The molecule has 0 radical (unpaired) electrons. The predicted molar refractivity (Wildman–Crippen MR) is 126 cm³/mol. The lowest BCUT2D eigenvalue weighted by Crippen LogP contribution is -2.09. The lowest BCUT2D eigenvalue weighted by Gasteiger charge is -2.11. The summed E-state index contributed by atoms with van der Waals surface area (Å²) >= 11 is 0.208. The number of hydrogen-bond donors (Lipinski definition) is 0. The fourth-order valence-electron chi connectivity index (χ4n) is 3.12. The highest BCUT2D eigenvalue weighted by Crippen LogP contribution is 2.26. The van der Waals surface area contributed by atoms with Crippen LogP contribution in [0.2, 0.25) is 0 Å². The Morgan fingerprint density at radius 1 is 0.786 bits per heavy atom. The number of rotatable bonds is 21. The van der Waals surface area contributed by atoms with Crippen molar-refractivity contribution in [3.8, 4) is 0 Å².